The van der Waals surface area contributed by atoms with E-state index in [2.05, 4.69) is 11.6 Å². The number of nitrogens with one attached hydrogen (secondary N) is 1. The first-order valence-electron chi connectivity index (χ1n) is 5.37. The number of carbonyl (C=O) groups excluding carboxylic acids is 2. The van der Waals surface area contributed by atoms with E-state index in [1.807, 2.05) is 0 Å². The first kappa shape index (κ1) is 12.1. The molecule has 1 aromatic rings. The number of fused-ring (bicyclic) bond motifs is 1. The summed E-state index contributed by atoms with van der Waals surface area (Å²) in [5, 5.41) is 0. The van der Waals surface area contributed by atoms with Crippen LogP contribution in [0.3, 0.4) is 0 Å². The van der Waals surface area contributed by atoms with Crippen LogP contribution in [0.5, 0.6) is 5.75 Å². The number of Topliss-reactive ketones (excluding diaryl/α,β-unsaturated/α-hetero) is 1. The van der Waals surface area contributed by atoms with E-state index in [4.69, 9.17) is 4.74 Å². The minimum Gasteiger partial charge on any atom is -0.478 e. The van der Waals surface area contributed by atoms with Gasteiger partial charge in [-0.15, -0.1) is 0 Å². The van der Waals surface area contributed by atoms with Crippen molar-refractivity contribution in [2.75, 3.05) is 11.4 Å². The number of amides is 1. The fraction of sp³-hybridized carbons (Fsp3) is 0.250. The Labute approximate surface area is 103 Å². The van der Waals surface area contributed by atoms with Crippen LogP contribution in [0.15, 0.2) is 29.7 Å². The smallest absolute Gasteiger partial charge is 0.275 e. The fourth-order valence-electron chi connectivity index (χ4n) is 1.77. The number of ketones is 1. The van der Waals surface area contributed by atoms with E-state index in [1.165, 1.54) is 24.1 Å². The lowest BCUT2D eigenvalue weighted by Gasteiger charge is -2.32. The Balaban J connectivity index is 2.54. The number of pyridine rings is 1. The van der Waals surface area contributed by atoms with Crippen molar-refractivity contribution < 1.29 is 14.3 Å². The molecular formula is C12H12N2O4. The Morgan fingerprint density at radius 1 is 1.61 bits per heavy atom. The van der Waals surface area contributed by atoms with Crippen molar-refractivity contribution in [3.63, 3.8) is 0 Å². The molecule has 2 heterocycles. The SMILES string of the molecule is C=CC(=O)N1CC(C(C)=O)Oc2cc[nH]c(=O)c21. The molecule has 0 spiro atoms. The number of aromatic amines is 1. The summed E-state index contributed by atoms with van der Waals surface area (Å²) in [5.41, 5.74) is -0.329. The van der Waals surface area contributed by atoms with Gasteiger partial charge in [-0.3, -0.25) is 19.3 Å². The van der Waals surface area contributed by atoms with Crippen LogP contribution in [0.25, 0.3) is 0 Å². The third-order valence-corrected chi connectivity index (χ3v) is 2.68. The molecule has 2 rings (SSSR count). The second-order valence-electron chi connectivity index (χ2n) is 3.89. The third-order valence-electron chi connectivity index (χ3n) is 2.68. The maximum atomic E-state index is 11.7. The van der Waals surface area contributed by atoms with Gasteiger partial charge in [-0.2, -0.15) is 0 Å². The van der Waals surface area contributed by atoms with Crippen LogP contribution in [0, 0.1) is 0 Å². The van der Waals surface area contributed by atoms with Crippen molar-refractivity contribution in [3.05, 3.63) is 35.3 Å². The lowest BCUT2D eigenvalue weighted by molar-refractivity contribution is -0.124. The Morgan fingerprint density at radius 2 is 2.33 bits per heavy atom. The number of nitrogens with zero attached hydrogens (tertiary/aromatic N) is 1. The number of hydrogen-bond donors (Lipinski definition) is 1. The molecule has 0 bridgehead atoms. The van der Waals surface area contributed by atoms with Crippen LogP contribution >= 0.6 is 0 Å². The number of ether oxygens (including phenoxy) is 1. The van der Waals surface area contributed by atoms with E-state index in [0.29, 0.717) is 0 Å². The van der Waals surface area contributed by atoms with E-state index in [0.717, 1.165) is 6.08 Å². The molecule has 0 saturated heterocycles. The summed E-state index contributed by atoms with van der Waals surface area (Å²) >= 11 is 0. The monoisotopic (exact) mass is 248 g/mol. The molecule has 0 fully saturated rings. The molecule has 1 aromatic heterocycles. The maximum Gasteiger partial charge on any atom is 0.275 e. The Bertz CT molecular complexity index is 576. The van der Waals surface area contributed by atoms with Gasteiger partial charge >= 0.3 is 0 Å². The summed E-state index contributed by atoms with van der Waals surface area (Å²) in [6.45, 7) is 4.77. The molecule has 1 N–H and O–H groups in total. The molecule has 0 saturated carbocycles. The highest BCUT2D eigenvalue weighted by molar-refractivity contribution is 6.03. The molecule has 1 aliphatic rings. The predicted molar refractivity (Wildman–Crippen MR) is 64.7 cm³/mol. The number of anilines is 1. The number of carbonyl (C=O) groups is 2. The van der Waals surface area contributed by atoms with Crippen molar-refractivity contribution in [1.29, 1.82) is 0 Å². The predicted octanol–water partition coefficient (Wildman–Crippen LogP) is 0.244. The van der Waals surface area contributed by atoms with Crippen molar-refractivity contribution in [2.45, 2.75) is 13.0 Å². The van der Waals surface area contributed by atoms with E-state index in [-0.39, 0.29) is 23.8 Å². The van der Waals surface area contributed by atoms with Crippen molar-refractivity contribution >= 4 is 17.4 Å². The van der Waals surface area contributed by atoms with Crippen LogP contribution in [0.4, 0.5) is 5.69 Å². The summed E-state index contributed by atoms with van der Waals surface area (Å²) in [7, 11) is 0. The molecule has 6 heteroatoms. The Hall–Kier alpha value is -2.37. The van der Waals surface area contributed by atoms with Crippen LogP contribution < -0.4 is 15.2 Å². The molecule has 18 heavy (non-hydrogen) atoms. The van der Waals surface area contributed by atoms with E-state index in [1.54, 1.807) is 0 Å². The van der Waals surface area contributed by atoms with Gasteiger partial charge in [0.25, 0.3) is 11.5 Å². The maximum absolute atomic E-state index is 11.7. The fourth-order valence-corrected chi connectivity index (χ4v) is 1.77. The van der Waals surface area contributed by atoms with Gasteiger partial charge < -0.3 is 9.72 Å². The minimum absolute atomic E-state index is 0.0142. The highest BCUT2D eigenvalue weighted by atomic mass is 16.5. The van der Waals surface area contributed by atoms with Gasteiger partial charge in [0.1, 0.15) is 0 Å². The number of hydrogen-bond acceptors (Lipinski definition) is 4. The second-order valence-corrected chi connectivity index (χ2v) is 3.89. The summed E-state index contributed by atoms with van der Waals surface area (Å²) in [6, 6.07) is 1.51. The summed E-state index contributed by atoms with van der Waals surface area (Å²) in [4.78, 5) is 38.5. The topological polar surface area (TPSA) is 79.5 Å². The molecule has 0 aliphatic carbocycles. The molecule has 0 aromatic carbocycles. The van der Waals surface area contributed by atoms with Crippen molar-refractivity contribution in [2.24, 2.45) is 0 Å². The molecule has 1 atom stereocenters. The molecule has 1 amide bonds. The zero-order chi connectivity index (χ0) is 13.3. The molecule has 94 valence electrons. The first-order chi connectivity index (χ1) is 8.54. The average molecular weight is 248 g/mol. The number of H-pyrrole nitrogens is 1. The average Bonchev–Trinajstić information content (AvgIpc) is 2.36. The zero-order valence-electron chi connectivity index (χ0n) is 9.80. The largest absolute Gasteiger partial charge is 0.478 e. The van der Waals surface area contributed by atoms with Gasteiger partial charge in [-0.05, 0) is 19.1 Å². The highest BCUT2D eigenvalue weighted by Crippen LogP contribution is 2.29. The van der Waals surface area contributed by atoms with Crippen LogP contribution in [-0.4, -0.2) is 29.3 Å². The van der Waals surface area contributed by atoms with Crippen LogP contribution in [0.2, 0.25) is 0 Å². The molecule has 0 radical (unpaired) electrons. The number of rotatable bonds is 2. The summed E-state index contributed by atoms with van der Waals surface area (Å²) < 4.78 is 5.40. The standard InChI is InChI=1S/C12H12N2O4/c1-3-10(16)14-6-9(7(2)15)18-8-4-5-13-12(17)11(8)14/h3-5,9H,1,6H2,2H3,(H,13,17). The minimum atomic E-state index is -0.761. The van der Waals surface area contributed by atoms with Gasteiger partial charge in [0.2, 0.25) is 0 Å². The lowest BCUT2D eigenvalue weighted by atomic mass is 10.1. The van der Waals surface area contributed by atoms with Crippen molar-refractivity contribution in [3.8, 4) is 5.75 Å². The normalized spacial score (nSPS) is 17.6. The van der Waals surface area contributed by atoms with Gasteiger partial charge in [-0.25, -0.2) is 0 Å². The highest BCUT2D eigenvalue weighted by Gasteiger charge is 2.33. The molecule has 1 unspecified atom stereocenters. The molecule has 1 aliphatic heterocycles. The summed E-state index contributed by atoms with van der Waals surface area (Å²) in [5.74, 6) is -0.425. The third kappa shape index (κ3) is 1.92. The zero-order valence-corrected chi connectivity index (χ0v) is 9.80. The molecular weight excluding hydrogens is 236 g/mol. The summed E-state index contributed by atoms with van der Waals surface area (Å²) in [6.07, 6.45) is 1.74. The van der Waals surface area contributed by atoms with Gasteiger partial charge in [0, 0.05) is 6.20 Å². The van der Waals surface area contributed by atoms with E-state index in [9.17, 15) is 14.4 Å². The van der Waals surface area contributed by atoms with Gasteiger partial charge in [0.05, 0.1) is 6.54 Å². The first-order valence-corrected chi connectivity index (χ1v) is 5.37. The van der Waals surface area contributed by atoms with Gasteiger partial charge in [-0.1, -0.05) is 6.58 Å². The van der Waals surface area contributed by atoms with Crippen LogP contribution in [-0.2, 0) is 9.59 Å². The Morgan fingerprint density at radius 3 is 2.94 bits per heavy atom. The Kier molecular flexibility index (Phi) is 3.01. The van der Waals surface area contributed by atoms with E-state index >= 15 is 0 Å². The lowest BCUT2D eigenvalue weighted by Crippen LogP contribution is -2.48. The second kappa shape index (κ2) is 4.48. The molecule has 6 nitrogen and oxygen atoms in total. The quantitative estimate of drug-likeness (QED) is 0.760. The van der Waals surface area contributed by atoms with Crippen molar-refractivity contribution in [1.82, 2.24) is 4.98 Å². The van der Waals surface area contributed by atoms with E-state index < -0.39 is 17.6 Å². The van der Waals surface area contributed by atoms with Gasteiger partial charge in [0.15, 0.2) is 23.3 Å². The number of aromatic nitrogens is 1. The van der Waals surface area contributed by atoms with Crippen LogP contribution in [0.1, 0.15) is 6.92 Å².